The molecule has 0 saturated heterocycles. The predicted molar refractivity (Wildman–Crippen MR) is 125 cm³/mol. The van der Waals surface area contributed by atoms with Gasteiger partial charge in [0.25, 0.3) is 11.8 Å². The summed E-state index contributed by atoms with van der Waals surface area (Å²) in [5.74, 6) is -9.67. The molecule has 1 aromatic carbocycles. The molecule has 0 saturated carbocycles. The van der Waals surface area contributed by atoms with Crippen LogP contribution >= 0.6 is 0 Å². The Labute approximate surface area is 215 Å². The summed E-state index contributed by atoms with van der Waals surface area (Å²) in [5, 5.41) is 36.5. The summed E-state index contributed by atoms with van der Waals surface area (Å²) in [6, 6.07) is 3.49. The smallest absolute Gasteiger partial charge is 0.333 e. The fourth-order valence-electron chi connectivity index (χ4n) is 2.96. The largest absolute Gasteiger partial charge is 0.493 e. The fraction of sp³-hybridized carbons (Fsp3) is 0.348. The molecule has 15 heteroatoms. The Morgan fingerprint density at radius 3 is 1.68 bits per heavy atom. The van der Waals surface area contributed by atoms with Gasteiger partial charge in [-0.25, -0.2) is 4.79 Å². The standard InChI is InChI=1S/C23H26N2O13/c1-13(2)23(36)38-8-4-7-37-15-6-3-5-14(21(34)24(9-16(26)27)10-17(28)29)20(15)22(35)25(11-18(30)31)12-19(32)33/h3,5-6H,1,4,7-12H2,2H3,(H,26,27)(H,28,29)(H,30,31)(H,32,33). The van der Waals surface area contributed by atoms with Crippen LogP contribution in [0.3, 0.4) is 0 Å². The predicted octanol–water partition coefficient (Wildman–Crippen LogP) is -0.202. The lowest BCUT2D eigenvalue weighted by atomic mass is 10.0. The molecule has 1 rings (SSSR count). The number of nitrogens with zero attached hydrogens (tertiary/aromatic N) is 2. The third kappa shape index (κ3) is 9.96. The van der Waals surface area contributed by atoms with E-state index in [1.807, 2.05) is 0 Å². The van der Waals surface area contributed by atoms with E-state index in [1.165, 1.54) is 19.1 Å². The van der Waals surface area contributed by atoms with E-state index in [1.54, 1.807) is 0 Å². The summed E-state index contributed by atoms with van der Waals surface area (Å²) < 4.78 is 10.4. The number of esters is 1. The molecule has 0 radical (unpaired) electrons. The highest BCUT2D eigenvalue weighted by atomic mass is 16.5. The SMILES string of the molecule is C=C(C)C(=O)OCCCOc1cccc(C(=O)N(CC(=O)O)CC(=O)O)c1C(=O)N(CC(=O)O)CC(=O)O. The molecule has 0 aliphatic rings. The Balaban J connectivity index is 3.47. The first-order valence-electron chi connectivity index (χ1n) is 10.8. The van der Waals surface area contributed by atoms with Gasteiger partial charge in [0.05, 0.1) is 24.3 Å². The molecule has 4 N–H and O–H groups in total. The number of rotatable bonds is 16. The number of amides is 2. The van der Waals surface area contributed by atoms with E-state index >= 15 is 0 Å². The molecule has 0 aliphatic carbocycles. The maximum absolute atomic E-state index is 13.3. The minimum Gasteiger partial charge on any atom is -0.493 e. The summed E-state index contributed by atoms with van der Waals surface area (Å²) in [6.45, 7) is 0.329. The monoisotopic (exact) mass is 538 g/mol. The van der Waals surface area contributed by atoms with Gasteiger partial charge in [0.1, 0.15) is 31.9 Å². The third-order valence-electron chi connectivity index (χ3n) is 4.48. The molecule has 0 aliphatic heterocycles. The normalized spacial score (nSPS) is 10.1. The average molecular weight is 538 g/mol. The van der Waals surface area contributed by atoms with E-state index in [4.69, 9.17) is 29.9 Å². The van der Waals surface area contributed by atoms with Gasteiger partial charge in [-0.05, 0) is 19.1 Å². The molecule has 0 atom stereocenters. The number of hydrogen-bond donors (Lipinski definition) is 4. The van der Waals surface area contributed by atoms with Crippen molar-refractivity contribution in [3.8, 4) is 5.75 Å². The number of hydrogen-bond acceptors (Lipinski definition) is 9. The molecule has 2 amide bonds. The van der Waals surface area contributed by atoms with Crippen molar-refractivity contribution in [3.63, 3.8) is 0 Å². The second kappa shape index (κ2) is 14.6. The Bertz CT molecular complexity index is 1100. The molecule has 38 heavy (non-hydrogen) atoms. The molecule has 0 bridgehead atoms. The van der Waals surface area contributed by atoms with Crippen molar-refractivity contribution in [1.29, 1.82) is 0 Å². The van der Waals surface area contributed by atoms with Crippen molar-refractivity contribution in [2.45, 2.75) is 13.3 Å². The zero-order chi connectivity index (χ0) is 29.0. The van der Waals surface area contributed by atoms with Gasteiger partial charge < -0.3 is 39.7 Å². The van der Waals surface area contributed by atoms with Crippen LogP contribution in [0.2, 0.25) is 0 Å². The van der Waals surface area contributed by atoms with E-state index in [2.05, 4.69) is 6.58 Å². The second-order valence-electron chi connectivity index (χ2n) is 7.69. The second-order valence-corrected chi connectivity index (χ2v) is 7.69. The third-order valence-corrected chi connectivity index (χ3v) is 4.48. The van der Waals surface area contributed by atoms with Crippen molar-refractivity contribution in [3.05, 3.63) is 41.5 Å². The van der Waals surface area contributed by atoms with E-state index in [-0.39, 0.29) is 31.0 Å². The Morgan fingerprint density at radius 1 is 0.763 bits per heavy atom. The lowest BCUT2D eigenvalue weighted by molar-refractivity contribution is -0.142. The summed E-state index contributed by atoms with van der Waals surface area (Å²) in [6.07, 6.45) is 0.100. The number of carboxylic acid groups (broad SMARTS) is 4. The van der Waals surface area contributed by atoms with Crippen LogP contribution in [-0.2, 0) is 28.7 Å². The van der Waals surface area contributed by atoms with E-state index in [0.717, 1.165) is 6.07 Å². The van der Waals surface area contributed by atoms with Crippen LogP contribution in [0.15, 0.2) is 30.4 Å². The zero-order valence-corrected chi connectivity index (χ0v) is 20.2. The average Bonchev–Trinajstić information content (AvgIpc) is 2.80. The molecular weight excluding hydrogens is 512 g/mol. The maximum atomic E-state index is 13.3. The van der Waals surface area contributed by atoms with Gasteiger partial charge in [-0.15, -0.1) is 0 Å². The Hall–Kier alpha value is -4.95. The highest BCUT2D eigenvalue weighted by molar-refractivity contribution is 6.10. The van der Waals surface area contributed by atoms with Gasteiger partial charge in [0.2, 0.25) is 0 Å². The van der Waals surface area contributed by atoms with Crippen LogP contribution in [-0.4, -0.2) is 111 Å². The van der Waals surface area contributed by atoms with Gasteiger partial charge in [-0.1, -0.05) is 12.6 Å². The molecule has 0 aromatic heterocycles. The van der Waals surface area contributed by atoms with E-state index in [9.17, 15) is 33.6 Å². The summed E-state index contributed by atoms with van der Waals surface area (Å²) in [4.78, 5) is 83.7. The van der Waals surface area contributed by atoms with Crippen molar-refractivity contribution in [2.24, 2.45) is 0 Å². The zero-order valence-electron chi connectivity index (χ0n) is 20.2. The first kappa shape index (κ1) is 31.1. The van der Waals surface area contributed by atoms with E-state index < -0.39 is 79.0 Å². The number of carbonyl (C=O) groups excluding carboxylic acids is 3. The summed E-state index contributed by atoms with van der Waals surface area (Å²) in [5.41, 5.74) is -1.00. The molecule has 206 valence electrons. The van der Waals surface area contributed by atoms with Crippen molar-refractivity contribution >= 4 is 41.7 Å². The van der Waals surface area contributed by atoms with Crippen LogP contribution in [0.4, 0.5) is 0 Å². The first-order chi connectivity index (χ1) is 17.7. The van der Waals surface area contributed by atoms with Crippen LogP contribution in [0.25, 0.3) is 0 Å². The molecule has 0 unspecified atom stereocenters. The van der Waals surface area contributed by atoms with Crippen LogP contribution in [0.5, 0.6) is 5.75 Å². The number of ether oxygens (including phenoxy) is 2. The highest BCUT2D eigenvalue weighted by Crippen LogP contribution is 2.26. The maximum Gasteiger partial charge on any atom is 0.333 e. The Morgan fingerprint density at radius 2 is 1.24 bits per heavy atom. The Kier molecular flexibility index (Phi) is 11.9. The molecule has 0 fully saturated rings. The number of aliphatic carboxylic acids is 4. The van der Waals surface area contributed by atoms with Gasteiger partial charge in [-0.3, -0.25) is 28.8 Å². The first-order valence-corrected chi connectivity index (χ1v) is 10.8. The molecule has 15 nitrogen and oxygen atoms in total. The lowest BCUT2D eigenvalue weighted by Gasteiger charge is -2.24. The molecular formula is C23H26N2O13. The lowest BCUT2D eigenvalue weighted by Crippen LogP contribution is -2.42. The van der Waals surface area contributed by atoms with Gasteiger partial charge >= 0.3 is 29.8 Å². The van der Waals surface area contributed by atoms with Crippen LogP contribution in [0.1, 0.15) is 34.1 Å². The van der Waals surface area contributed by atoms with Crippen molar-refractivity contribution in [2.75, 3.05) is 39.4 Å². The number of carbonyl (C=O) groups is 7. The molecule has 0 heterocycles. The van der Waals surface area contributed by atoms with Gasteiger partial charge in [0, 0.05) is 12.0 Å². The van der Waals surface area contributed by atoms with Gasteiger partial charge in [-0.2, -0.15) is 0 Å². The van der Waals surface area contributed by atoms with E-state index in [0.29, 0.717) is 9.80 Å². The molecule has 1 aromatic rings. The van der Waals surface area contributed by atoms with Gasteiger partial charge in [0.15, 0.2) is 0 Å². The number of benzene rings is 1. The van der Waals surface area contributed by atoms with Crippen molar-refractivity contribution < 1.29 is 63.5 Å². The minimum absolute atomic E-state index is 0.100. The highest BCUT2D eigenvalue weighted by Gasteiger charge is 2.31. The fourth-order valence-corrected chi connectivity index (χ4v) is 2.96. The number of carboxylic acids is 4. The minimum atomic E-state index is -1.57. The van der Waals surface area contributed by atoms with Crippen molar-refractivity contribution in [1.82, 2.24) is 9.80 Å². The quantitative estimate of drug-likeness (QED) is 0.122. The molecule has 0 spiro atoms. The summed E-state index contributed by atoms with van der Waals surface area (Å²) >= 11 is 0. The summed E-state index contributed by atoms with van der Waals surface area (Å²) in [7, 11) is 0. The van der Waals surface area contributed by atoms with Crippen LogP contribution in [0, 0.1) is 0 Å². The van der Waals surface area contributed by atoms with Crippen LogP contribution < -0.4 is 4.74 Å². The topological polar surface area (TPSA) is 225 Å².